The summed E-state index contributed by atoms with van der Waals surface area (Å²) in [6.07, 6.45) is 2.00. The molecule has 1 aromatic heterocycles. The van der Waals surface area contributed by atoms with E-state index in [1.807, 2.05) is 11.0 Å². The molecule has 2 heterocycles. The summed E-state index contributed by atoms with van der Waals surface area (Å²) >= 11 is 0. The third-order valence-electron chi connectivity index (χ3n) is 5.58. The van der Waals surface area contributed by atoms with Gasteiger partial charge in [-0.25, -0.2) is 0 Å². The number of benzene rings is 1. The lowest BCUT2D eigenvalue weighted by atomic mass is 9.98. The minimum absolute atomic E-state index is 0.0387. The van der Waals surface area contributed by atoms with E-state index in [-0.39, 0.29) is 18.0 Å². The number of aryl methyl sites for hydroxylation is 2. The number of anilines is 1. The smallest absolute Gasteiger partial charge is 0.269 e. The van der Waals surface area contributed by atoms with Gasteiger partial charge in [-0.15, -0.1) is 0 Å². The van der Waals surface area contributed by atoms with Crippen LogP contribution >= 0.6 is 0 Å². The van der Waals surface area contributed by atoms with Crippen LogP contribution in [0.2, 0.25) is 0 Å². The van der Waals surface area contributed by atoms with Gasteiger partial charge in [-0.2, -0.15) is 5.26 Å². The number of nitriles is 1. The maximum atomic E-state index is 12.8. The first-order valence-electron chi connectivity index (χ1n) is 10.1. The predicted octanol–water partition coefficient (Wildman–Crippen LogP) is 2.85. The number of piperidine rings is 1. The van der Waals surface area contributed by atoms with Crippen molar-refractivity contribution in [1.82, 2.24) is 9.47 Å². The van der Waals surface area contributed by atoms with Gasteiger partial charge in [0.15, 0.2) is 0 Å². The molecule has 0 spiro atoms. The lowest BCUT2D eigenvalue weighted by Gasteiger charge is -2.30. The molecule has 1 fully saturated rings. The molecule has 1 aromatic carbocycles. The summed E-state index contributed by atoms with van der Waals surface area (Å²) in [5.41, 5.74) is 1.78. The lowest BCUT2D eigenvalue weighted by molar-refractivity contribution is -0.116. The fraction of sp³-hybridized carbons (Fsp3) is 0.391. The molecule has 1 aliphatic rings. The van der Waals surface area contributed by atoms with Gasteiger partial charge in [0.1, 0.15) is 18.2 Å². The third kappa shape index (κ3) is 4.60. The quantitative estimate of drug-likeness (QED) is 0.845. The number of nitrogens with zero attached hydrogens (tertiary/aromatic N) is 3. The second kappa shape index (κ2) is 8.95. The van der Waals surface area contributed by atoms with Gasteiger partial charge in [0.05, 0.1) is 0 Å². The van der Waals surface area contributed by atoms with Gasteiger partial charge in [0.25, 0.3) is 11.5 Å². The topological polar surface area (TPSA) is 95.2 Å². The molecular formula is C23H26N4O3. The normalized spacial score (nSPS) is 14.3. The molecule has 1 saturated heterocycles. The van der Waals surface area contributed by atoms with E-state index >= 15 is 0 Å². The number of aromatic nitrogens is 1. The van der Waals surface area contributed by atoms with Gasteiger partial charge in [-0.1, -0.05) is 13.0 Å². The van der Waals surface area contributed by atoms with Crippen LogP contribution in [0.3, 0.4) is 0 Å². The molecule has 30 heavy (non-hydrogen) atoms. The molecule has 7 nitrogen and oxygen atoms in total. The van der Waals surface area contributed by atoms with Gasteiger partial charge in [0.2, 0.25) is 5.91 Å². The second-order valence-corrected chi connectivity index (χ2v) is 7.95. The summed E-state index contributed by atoms with van der Waals surface area (Å²) in [7, 11) is 0. The summed E-state index contributed by atoms with van der Waals surface area (Å²) in [4.78, 5) is 39.6. The largest absolute Gasteiger partial charge is 0.339 e. The van der Waals surface area contributed by atoms with Crippen molar-refractivity contribution < 1.29 is 9.59 Å². The Hall–Kier alpha value is -3.40. The molecule has 3 rings (SSSR count). The number of rotatable bonds is 4. The molecular weight excluding hydrogens is 380 g/mol. The highest BCUT2D eigenvalue weighted by Crippen LogP contribution is 2.19. The number of nitrogens with one attached hydrogen (secondary N) is 1. The number of pyridine rings is 1. The molecule has 0 radical (unpaired) electrons. The number of hydrogen-bond acceptors (Lipinski definition) is 4. The molecule has 0 saturated carbocycles. The molecule has 2 aromatic rings. The Labute approximate surface area is 175 Å². The number of carbonyl (C=O) groups excluding carboxylic acids is 2. The van der Waals surface area contributed by atoms with E-state index in [9.17, 15) is 19.6 Å². The van der Waals surface area contributed by atoms with E-state index in [1.165, 1.54) is 4.57 Å². The number of likely N-dealkylation sites (tertiary alicyclic amines) is 1. The zero-order valence-corrected chi connectivity index (χ0v) is 17.6. The highest BCUT2D eigenvalue weighted by molar-refractivity contribution is 5.97. The Morgan fingerprint density at radius 3 is 2.57 bits per heavy atom. The first-order valence-corrected chi connectivity index (χ1v) is 10.1. The molecule has 0 aliphatic carbocycles. The van der Waals surface area contributed by atoms with Crippen LogP contribution in [0.25, 0.3) is 0 Å². The van der Waals surface area contributed by atoms with Crippen molar-refractivity contribution in [1.29, 1.82) is 5.26 Å². The lowest BCUT2D eigenvalue weighted by Crippen LogP contribution is -2.37. The van der Waals surface area contributed by atoms with Crippen LogP contribution in [0, 0.1) is 31.1 Å². The van der Waals surface area contributed by atoms with Gasteiger partial charge < -0.3 is 14.8 Å². The average molecular weight is 406 g/mol. The fourth-order valence-corrected chi connectivity index (χ4v) is 3.73. The Morgan fingerprint density at radius 2 is 1.90 bits per heavy atom. The zero-order chi connectivity index (χ0) is 21.8. The summed E-state index contributed by atoms with van der Waals surface area (Å²) in [5, 5.41) is 11.9. The Morgan fingerprint density at radius 1 is 1.20 bits per heavy atom. The molecule has 0 unspecified atom stereocenters. The molecule has 156 valence electrons. The number of carbonyl (C=O) groups is 2. The highest BCUT2D eigenvalue weighted by atomic mass is 16.2. The zero-order valence-electron chi connectivity index (χ0n) is 17.6. The summed E-state index contributed by atoms with van der Waals surface area (Å²) < 4.78 is 1.28. The second-order valence-electron chi connectivity index (χ2n) is 7.95. The van der Waals surface area contributed by atoms with E-state index in [0.29, 0.717) is 28.4 Å². The van der Waals surface area contributed by atoms with Gasteiger partial charge in [-0.05, 0) is 62.4 Å². The predicted molar refractivity (Wildman–Crippen MR) is 114 cm³/mol. The van der Waals surface area contributed by atoms with Crippen LogP contribution in [0.1, 0.15) is 46.9 Å². The molecule has 2 amide bonds. The van der Waals surface area contributed by atoms with Crippen molar-refractivity contribution >= 4 is 17.5 Å². The van der Waals surface area contributed by atoms with Crippen molar-refractivity contribution in [2.24, 2.45) is 5.92 Å². The van der Waals surface area contributed by atoms with Crippen LogP contribution in [0.4, 0.5) is 5.69 Å². The van der Waals surface area contributed by atoms with E-state index in [1.54, 1.807) is 44.2 Å². The monoisotopic (exact) mass is 406 g/mol. The standard InChI is InChI=1S/C23H26N4O3/c1-15-7-9-26(10-8-15)22(29)18-5-4-6-19(12-18)25-21(28)14-27-17(3)11-16(2)20(13-24)23(27)30/h4-6,11-12,15H,7-10,14H2,1-3H3,(H,25,28). The molecule has 0 bridgehead atoms. The van der Waals surface area contributed by atoms with E-state index in [0.717, 1.165) is 25.9 Å². The van der Waals surface area contributed by atoms with Crippen molar-refractivity contribution in [3.8, 4) is 6.07 Å². The Bertz CT molecular complexity index is 1070. The third-order valence-corrected chi connectivity index (χ3v) is 5.58. The summed E-state index contributed by atoms with van der Waals surface area (Å²) in [5.74, 6) is 0.196. The highest BCUT2D eigenvalue weighted by Gasteiger charge is 2.21. The van der Waals surface area contributed by atoms with Crippen molar-refractivity contribution in [2.75, 3.05) is 18.4 Å². The van der Waals surface area contributed by atoms with Crippen LogP contribution < -0.4 is 10.9 Å². The Kier molecular flexibility index (Phi) is 6.36. The van der Waals surface area contributed by atoms with Crippen LogP contribution in [0.5, 0.6) is 0 Å². The molecule has 1 N–H and O–H groups in total. The van der Waals surface area contributed by atoms with Crippen molar-refractivity contribution in [3.63, 3.8) is 0 Å². The van der Waals surface area contributed by atoms with Crippen LogP contribution in [-0.4, -0.2) is 34.4 Å². The SMILES string of the molecule is Cc1cc(C)n(CC(=O)Nc2cccc(C(=O)N3CCC(C)CC3)c2)c(=O)c1C#N. The van der Waals surface area contributed by atoms with Crippen LogP contribution in [0.15, 0.2) is 35.1 Å². The van der Waals surface area contributed by atoms with Gasteiger partial charge in [-0.3, -0.25) is 14.4 Å². The fourth-order valence-electron chi connectivity index (χ4n) is 3.73. The molecule has 7 heteroatoms. The minimum atomic E-state index is -0.478. The van der Waals surface area contributed by atoms with Gasteiger partial charge >= 0.3 is 0 Å². The first kappa shape index (κ1) is 21.3. The number of hydrogen-bond donors (Lipinski definition) is 1. The van der Waals surface area contributed by atoms with E-state index in [4.69, 9.17) is 0 Å². The van der Waals surface area contributed by atoms with Crippen LogP contribution in [-0.2, 0) is 11.3 Å². The first-order chi connectivity index (χ1) is 14.3. The maximum absolute atomic E-state index is 12.8. The molecule has 1 aliphatic heterocycles. The summed E-state index contributed by atoms with van der Waals surface area (Å²) in [6, 6.07) is 10.4. The van der Waals surface area contributed by atoms with Gasteiger partial charge in [0, 0.05) is 30.0 Å². The number of amides is 2. The van der Waals surface area contributed by atoms with E-state index in [2.05, 4.69) is 12.2 Å². The molecule has 0 atom stereocenters. The van der Waals surface area contributed by atoms with Crippen molar-refractivity contribution in [2.45, 2.75) is 40.2 Å². The minimum Gasteiger partial charge on any atom is -0.339 e. The van der Waals surface area contributed by atoms with Crippen molar-refractivity contribution in [3.05, 3.63) is 63.1 Å². The average Bonchev–Trinajstić information content (AvgIpc) is 2.71. The summed E-state index contributed by atoms with van der Waals surface area (Å²) in [6.45, 7) is 6.89. The maximum Gasteiger partial charge on any atom is 0.269 e. The van der Waals surface area contributed by atoms with E-state index < -0.39 is 11.5 Å². The Balaban J connectivity index is 1.73.